The second-order valence-corrected chi connectivity index (χ2v) is 9.35. The van der Waals surface area contributed by atoms with Crippen molar-refractivity contribution in [2.24, 2.45) is 0 Å². The van der Waals surface area contributed by atoms with E-state index in [1.54, 1.807) is 0 Å². The van der Waals surface area contributed by atoms with Crippen molar-refractivity contribution in [1.29, 1.82) is 0 Å². The van der Waals surface area contributed by atoms with Crippen LogP contribution in [0.1, 0.15) is 90.9 Å². The maximum absolute atomic E-state index is 11.9. The highest BCUT2D eigenvalue weighted by Gasteiger charge is 2.20. The summed E-state index contributed by atoms with van der Waals surface area (Å²) in [5, 5.41) is 0. The molecule has 0 radical (unpaired) electrons. The number of hydrogen-bond acceptors (Lipinski definition) is 7. The van der Waals surface area contributed by atoms with Crippen LogP contribution in [-0.2, 0) is 23.6 Å². The first kappa shape index (κ1) is 26.4. The molecule has 2 atom stereocenters. The second kappa shape index (κ2) is 18.7. The third-order valence-corrected chi connectivity index (χ3v) is 5.87. The maximum atomic E-state index is 11.9. The van der Waals surface area contributed by atoms with Gasteiger partial charge in [-0.1, -0.05) is 69.8 Å². The highest BCUT2D eigenvalue weighted by Crippen LogP contribution is 2.29. The number of carbonyl (C=O) groups is 2. The summed E-state index contributed by atoms with van der Waals surface area (Å²) in [6.07, 6.45) is 10.2. The van der Waals surface area contributed by atoms with Gasteiger partial charge < -0.3 is 14.4 Å². The van der Waals surface area contributed by atoms with Gasteiger partial charge in [0, 0.05) is 12.8 Å². The summed E-state index contributed by atoms with van der Waals surface area (Å²) in [7, 11) is -2.63. The minimum Gasteiger partial charge on any atom is -0.585 e. The van der Waals surface area contributed by atoms with E-state index < -0.39 is 13.3 Å². The average Bonchev–Trinajstić information content (AvgIpc) is 2.63. The summed E-state index contributed by atoms with van der Waals surface area (Å²) in [5.41, 5.74) is 0. The molecule has 0 N–H and O–H groups in total. The van der Waals surface area contributed by atoms with E-state index in [9.17, 15) is 19.0 Å². The summed E-state index contributed by atoms with van der Waals surface area (Å²) in [4.78, 5) is 34.5. The van der Waals surface area contributed by atoms with Gasteiger partial charge in [-0.3, -0.25) is 9.59 Å². The molecule has 0 fully saturated rings. The number of hydrogen-bond donors (Lipinski definition) is 0. The predicted octanol–water partition coefficient (Wildman–Crippen LogP) is 4.91. The van der Waals surface area contributed by atoms with Crippen molar-refractivity contribution >= 4 is 30.6 Å². The molecular weight excluding hydrogens is 387 g/mol. The Balaban J connectivity index is 4.12. The summed E-state index contributed by atoms with van der Waals surface area (Å²) in [6.45, 7) is 4.17. The van der Waals surface area contributed by atoms with Crippen LogP contribution < -0.4 is 4.89 Å². The van der Waals surface area contributed by atoms with Crippen LogP contribution in [0, 0.1) is 0 Å². The van der Waals surface area contributed by atoms with Gasteiger partial charge in [0.2, 0.25) is 0 Å². The van der Waals surface area contributed by atoms with Crippen LogP contribution >= 0.6 is 18.6 Å². The Morgan fingerprint density at radius 2 is 1.41 bits per heavy atom. The van der Waals surface area contributed by atoms with Gasteiger partial charge in [-0.15, -0.1) is 0 Å². The van der Waals surface area contributed by atoms with Crippen LogP contribution in [-0.4, -0.2) is 30.4 Å². The first-order valence-corrected chi connectivity index (χ1v) is 12.9. The average molecular weight is 423 g/mol. The van der Waals surface area contributed by atoms with Crippen molar-refractivity contribution < 1.29 is 28.5 Å². The minimum absolute atomic E-state index is 0.0735. The molecule has 0 aromatic rings. The van der Waals surface area contributed by atoms with Gasteiger partial charge in [-0.25, -0.2) is 0 Å². The monoisotopic (exact) mass is 422 g/mol. The summed E-state index contributed by atoms with van der Waals surface area (Å²) in [5.74, 6) is -0.623. The van der Waals surface area contributed by atoms with Gasteiger partial charge in [0.25, 0.3) is 0 Å². The molecule has 0 spiro atoms. The molecule has 0 aromatic carbocycles. The first-order chi connectivity index (χ1) is 13.0. The van der Waals surface area contributed by atoms with E-state index in [0.29, 0.717) is 24.2 Å². The fourth-order valence-electron chi connectivity index (χ4n) is 2.51. The van der Waals surface area contributed by atoms with E-state index >= 15 is 0 Å². The van der Waals surface area contributed by atoms with Crippen molar-refractivity contribution in [1.82, 2.24) is 0 Å². The molecule has 0 saturated heterocycles. The lowest BCUT2D eigenvalue weighted by Gasteiger charge is -2.16. The van der Waals surface area contributed by atoms with Crippen LogP contribution in [0.4, 0.5) is 0 Å². The highest BCUT2D eigenvalue weighted by atomic mass is 32.7. The van der Waals surface area contributed by atoms with Crippen molar-refractivity contribution in [3.63, 3.8) is 0 Å². The largest absolute Gasteiger partial charge is 0.585 e. The third-order valence-electron chi connectivity index (χ3n) is 4.06. The lowest BCUT2D eigenvalue weighted by atomic mass is 10.1. The molecule has 0 saturated carbocycles. The molecule has 158 valence electrons. The Bertz CT molecular complexity index is 419. The lowest BCUT2D eigenvalue weighted by molar-refractivity contribution is -0.158. The molecule has 0 aromatic heterocycles. The SMILES string of the molecule is CCCCCCCC(=O)OCC(CS[P+](=O)[O-])OC(=O)CCCCCCC. The Morgan fingerprint density at radius 3 is 1.93 bits per heavy atom. The van der Waals surface area contributed by atoms with Crippen molar-refractivity contribution in [3.8, 4) is 0 Å². The molecule has 0 aliphatic carbocycles. The van der Waals surface area contributed by atoms with E-state index in [1.165, 1.54) is 0 Å². The first-order valence-electron chi connectivity index (χ1n) is 10.1. The molecule has 0 amide bonds. The lowest BCUT2D eigenvalue weighted by Crippen LogP contribution is -2.27. The Morgan fingerprint density at radius 1 is 0.889 bits per heavy atom. The predicted molar refractivity (Wildman–Crippen MR) is 108 cm³/mol. The van der Waals surface area contributed by atoms with Crippen LogP contribution in [0.15, 0.2) is 0 Å². The number of ether oxygens (including phenoxy) is 2. The zero-order valence-electron chi connectivity index (χ0n) is 16.8. The molecule has 0 heterocycles. The van der Waals surface area contributed by atoms with Crippen LogP contribution in [0.3, 0.4) is 0 Å². The fraction of sp³-hybridized carbons (Fsp3) is 0.895. The normalized spacial score (nSPS) is 12.5. The van der Waals surface area contributed by atoms with Crippen molar-refractivity contribution in [3.05, 3.63) is 0 Å². The maximum Gasteiger partial charge on any atom is 0.384 e. The molecule has 0 aliphatic heterocycles. The van der Waals surface area contributed by atoms with Gasteiger partial charge in [0.15, 0.2) is 0 Å². The quantitative estimate of drug-likeness (QED) is 0.176. The van der Waals surface area contributed by atoms with E-state index in [1.807, 2.05) is 0 Å². The van der Waals surface area contributed by atoms with E-state index in [-0.39, 0.29) is 24.3 Å². The smallest absolute Gasteiger partial charge is 0.384 e. The Labute approximate surface area is 168 Å². The van der Waals surface area contributed by atoms with Crippen LogP contribution in [0.25, 0.3) is 0 Å². The Kier molecular flexibility index (Phi) is 18.3. The van der Waals surface area contributed by atoms with Crippen LogP contribution in [0.2, 0.25) is 0 Å². The number of rotatable bonds is 18. The molecule has 6 nitrogen and oxygen atoms in total. The molecule has 0 rings (SSSR count). The summed E-state index contributed by atoms with van der Waals surface area (Å²) < 4.78 is 21.3. The minimum atomic E-state index is -2.63. The zero-order chi connectivity index (χ0) is 20.3. The van der Waals surface area contributed by atoms with Gasteiger partial charge >= 0.3 is 19.2 Å². The molecule has 8 heteroatoms. The van der Waals surface area contributed by atoms with E-state index in [0.717, 1.165) is 64.2 Å². The zero-order valence-corrected chi connectivity index (χ0v) is 18.5. The third kappa shape index (κ3) is 18.5. The van der Waals surface area contributed by atoms with Gasteiger partial charge in [0.1, 0.15) is 24.1 Å². The molecule has 2 unspecified atom stereocenters. The Hall–Kier alpha value is -0.650. The molecule has 0 aliphatic rings. The van der Waals surface area contributed by atoms with Gasteiger partial charge in [-0.05, 0) is 12.8 Å². The molecule has 0 bridgehead atoms. The van der Waals surface area contributed by atoms with Crippen molar-refractivity contribution in [2.75, 3.05) is 12.4 Å². The number of carbonyl (C=O) groups excluding carboxylic acids is 2. The topological polar surface area (TPSA) is 92.7 Å². The second-order valence-electron chi connectivity index (χ2n) is 6.64. The van der Waals surface area contributed by atoms with Crippen molar-refractivity contribution in [2.45, 2.75) is 97.0 Å². The number of unbranched alkanes of at least 4 members (excludes halogenated alkanes) is 8. The number of esters is 2. The fourth-order valence-corrected chi connectivity index (χ4v) is 3.83. The highest BCUT2D eigenvalue weighted by molar-refractivity contribution is 8.49. The summed E-state index contributed by atoms with van der Waals surface area (Å²) >= 11 is 0.680. The van der Waals surface area contributed by atoms with Crippen LogP contribution in [0.5, 0.6) is 0 Å². The van der Waals surface area contributed by atoms with Gasteiger partial charge in [-0.2, -0.15) is 0 Å². The van der Waals surface area contributed by atoms with Gasteiger partial charge in [0.05, 0.1) is 5.75 Å². The van der Waals surface area contributed by atoms with E-state index in [2.05, 4.69) is 13.8 Å². The summed E-state index contributed by atoms with van der Waals surface area (Å²) in [6, 6.07) is 0. The standard InChI is InChI=1S/C19H35O6PS/c1-3-5-7-9-11-13-18(20)24-15-17(16-27-26(22)23)25-19(21)14-12-10-8-6-4-2/h17H,3-16H2,1-2H3. The van der Waals surface area contributed by atoms with E-state index in [4.69, 9.17) is 9.47 Å². The molecular formula is C19H35O6PS. The molecule has 27 heavy (non-hydrogen) atoms.